The SMILES string of the molecule is COc1ccc(-c2cc3c(cc2-c2ccc(S(N)(=O)=O)cc2)OCO3)cc1F. The standard InChI is InChI=1S/C20H16FNO5S/c1-25-18-7-4-13(8-17(18)21)16-10-20-19(26-11-27-20)9-15(16)12-2-5-14(6-3-12)28(22,23)24/h2-10H,11H2,1H3,(H2,22,23,24). The van der Waals surface area contributed by atoms with Gasteiger partial charge in [0.25, 0.3) is 0 Å². The van der Waals surface area contributed by atoms with Crippen molar-refractivity contribution in [3.05, 3.63) is 60.4 Å². The maximum atomic E-state index is 14.3. The summed E-state index contributed by atoms with van der Waals surface area (Å²) in [4.78, 5) is 0.00837. The summed E-state index contributed by atoms with van der Waals surface area (Å²) in [6, 6.07) is 14.3. The van der Waals surface area contributed by atoms with Gasteiger partial charge in [0, 0.05) is 0 Å². The first-order chi connectivity index (χ1) is 13.4. The van der Waals surface area contributed by atoms with Crippen molar-refractivity contribution in [2.45, 2.75) is 4.90 Å². The van der Waals surface area contributed by atoms with Crippen molar-refractivity contribution in [1.29, 1.82) is 0 Å². The van der Waals surface area contributed by atoms with Gasteiger partial charge in [-0.3, -0.25) is 0 Å². The zero-order chi connectivity index (χ0) is 19.9. The Morgan fingerprint density at radius 3 is 2.04 bits per heavy atom. The number of methoxy groups -OCH3 is 1. The molecule has 0 spiro atoms. The Kier molecular flexibility index (Phi) is 4.44. The largest absolute Gasteiger partial charge is 0.494 e. The van der Waals surface area contributed by atoms with E-state index >= 15 is 0 Å². The first kappa shape index (κ1) is 18.3. The third-order valence-electron chi connectivity index (χ3n) is 4.47. The van der Waals surface area contributed by atoms with E-state index in [1.54, 1.807) is 36.4 Å². The number of sulfonamides is 1. The molecule has 0 aromatic heterocycles. The summed E-state index contributed by atoms with van der Waals surface area (Å²) in [5.74, 6) is 0.760. The monoisotopic (exact) mass is 401 g/mol. The first-order valence-electron chi connectivity index (χ1n) is 8.27. The second-order valence-electron chi connectivity index (χ2n) is 6.17. The van der Waals surface area contributed by atoms with Crippen molar-refractivity contribution in [3.63, 3.8) is 0 Å². The van der Waals surface area contributed by atoms with Crippen LogP contribution in [0.25, 0.3) is 22.3 Å². The summed E-state index contributed by atoms with van der Waals surface area (Å²) in [6.07, 6.45) is 0. The molecule has 0 fully saturated rings. The Morgan fingerprint density at radius 1 is 0.929 bits per heavy atom. The first-order valence-corrected chi connectivity index (χ1v) is 9.82. The molecule has 2 N–H and O–H groups in total. The quantitative estimate of drug-likeness (QED) is 0.722. The van der Waals surface area contributed by atoms with Gasteiger partial charge >= 0.3 is 0 Å². The summed E-state index contributed by atoms with van der Waals surface area (Å²) >= 11 is 0. The predicted molar refractivity (Wildman–Crippen MR) is 101 cm³/mol. The Morgan fingerprint density at radius 2 is 1.50 bits per heavy atom. The fourth-order valence-corrected chi connectivity index (χ4v) is 3.59. The summed E-state index contributed by atoms with van der Waals surface area (Å²) < 4.78 is 53.2. The van der Waals surface area contributed by atoms with Crippen LogP contribution < -0.4 is 19.3 Å². The van der Waals surface area contributed by atoms with E-state index in [0.717, 1.165) is 11.1 Å². The molecule has 0 saturated heterocycles. The molecule has 1 aliphatic rings. The van der Waals surface area contributed by atoms with E-state index in [9.17, 15) is 12.8 Å². The molecule has 1 aliphatic heterocycles. The average molecular weight is 401 g/mol. The third-order valence-corrected chi connectivity index (χ3v) is 5.40. The number of rotatable bonds is 4. The van der Waals surface area contributed by atoms with Gasteiger partial charge in [-0.15, -0.1) is 0 Å². The van der Waals surface area contributed by atoms with Gasteiger partial charge in [0.2, 0.25) is 16.8 Å². The average Bonchev–Trinajstić information content (AvgIpc) is 3.14. The van der Waals surface area contributed by atoms with Crippen LogP contribution in [-0.4, -0.2) is 22.3 Å². The summed E-state index contributed by atoms with van der Waals surface area (Å²) in [5.41, 5.74) is 2.77. The van der Waals surface area contributed by atoms with E-state index in [2.05, 4.69) is 0 Å². The maximum absolute atomic E-state index is 14.3. The molecule has 0 atom stereocenters. The Labute approximate surface area is 161 Å². The van der Waals surface area contributed by atoms with Gasteiger partial charge in [0.15, 0.2) is 23.1 Å². The van der Waals surface area contributed by atoms with Crippen LogP contribution in [0.15, 0.2) is 59.5 Å². The normalized spacial score (nSPS) is 12.8. The van der Waals surface area contributed by atoms with E-state index in [0.29, 0.717) is 22.6 Å². The second-order valence-corrected chi connectivity index (χ2v) is 7.73. The van der Waals surface area contributed by atoms with Gasteiger partial charge in [-0.25, -0.2) is 17.9 Å². The summed E-state index contributed by atoms with van der Waals surface area (Å²) in [7, 11) is -2.40. The molecule has 0 radical (unpaired) electrons. The number of hydrogen-bond donors (Lipinski definition) is 1. The van der Waals surface area contributed by atoms with Crippen molar-refractivity contribution in [2.24, 2.45) is 5.14 Å². The van der Waals surface area contributed by atoms with Crippen LogP contribution in [0.5, 0.6) is 17.2 Å². The van der Waals surface area contributed by atoms with Crippen molar-refractivity contribution < 1.29 is 27.0 Å². The smallest absolute Gasteiger partial charge is 0.238 e. The number of halogens is 1. The molecule has 0 aliphatic carbocycles. The minimum Gasteiger partial charge on any atom is -0.494 e. The molecular weight excluding hydrogens is 385 g/mol. The minimum absolute atomic E-state index is 0.00837. The summed E-state index contributed by atoms with van der Waals surface area (Å²) in [5, 5.41) is 5.17. The van der Waals surface area contributed by atoms with Crippen LogP contribution in [-0.2, 0) is 10.0 Å². The lowest BCUT2D eigenvalue weighted by molar-refractivity contribution is 0.174. The molecule has 4 rings (SSSR count). The number of nitrogens with two attached hydrogens (primary N) is 1. The molecule has 0 saturated carbocycles. The number of fused-ring (bicyclic) bond motifs is 1. The number of ether oxygens (including phenoxy) is 3. The molecule has 0 amide bonds. The zero-order valence-electron chi connectivity index (χ0n) is 14.8. The molecule has 0 bridgehead atoms. The van der Waals surface area contributed by atoms with Crippen molar-refractivity contribution in [3.8, 4) is 39.5 Å². The second kappa shape index (κ2) is 6.81. The highest BCUT2D eigenvalue weighted by Crippen LogP contribution is 2.43. The number of benzene rings is 3. The van der Waals surface area contributed by atoms with Crippen molar-refractivity contribution in [1.82, 2.24) is 0 Å². The lowest BCUT2D eigenvalue weighted by Crippen LogP contribution is -2.11. The number of hydrogen-bond acceptors (Lipinski definition) is 5. The molecular formula is C20H16FNO5S. The molecule has 28 heavy (non-hydrogen) atoms. The van der Waals surface area contributed by atoms with Crippen molar-refractivity contribution >= 4 is 10.0 Å². The van der Waals surface area contributed by atoms with Gasteiger partial charge in [-0.2, -0.15) is 0 Å². The van der Waals surface area contributed by atoms with Crippen LogP contribution in [0.1, 0.15) is 0 Å². The van der Waals surface area contributed by atoms with Crippen molar-refractivity contribution in [2.75, 3.05) is 13.9 Å². The van der Waals surface area contributed by atoms with Gasteiger partial charge in [-0.05, 0) is 58.7 Å². The predicted octanol–water partition coefficient (Wildman–Crippen LogP) is 3.54. The molecule has 3 aromatic rings. The van der Waals surface area contributed by atoms with E-state index in [-0.39, 0.29) is 17.4 Å². The molecule has 0 unspecified atom stereocenters. The maximum Gasteiger partial charge on any atom is 0.238 e. The fourth-order valence-electron chi connectivity index (χ4n) is 3.08. The fraction of sp³-hybridized carbons (Fsp3) is 0.100. The van der Waals surface area contributed by atoms with Crippen LogP contribution in [0, 0.1) is 5.82 Å². The Bertz CT molecular complexity index is 1160. The Balaban J connectivity index is 1.88. The number of primary sulfonamides is 1. The highest BCUT2D eigenvalue weighted by molar-refractivity contribution is 7.89. The highest BCUT2D eigenvalue weighted by Gasteiger charge is 2.20. The van der Waals surface area contributed by atoms with Crippen LogP contribution >= 0.6 is 0 Å². The van der Waals surface area contributed by atoms with E-state index in [1.807, 2.05) is 0 Å². The Hall–Kier alpha value is -3.10. The third kappa shape index (κ3) is 3.28. The van der Waals surface area contributed by atoms with E-state index in [1.165, 1.54) is 25.3 Å². The van der Waals surface area contributed by atoms with Gasteiger partial charge in [-0.1, -0.05) is 18.2 Å². The van der Waals surface area contributed by atoms with E-state index in [4.69, 9.17) is 19.3 Å². The van der Waals surface area contributed by atoms with E-state index < -0.39 is 15.8 Å². The molecule has 8 heteroatoms. The molecule has 6 nitrogen and oxygen atoms in total. The summed E-state index contributed by atoms with van der Waals surface area (Å²) in [6.45, 7) is 0.0968. The molecule has 3 aromatic carbocycles. The van der Waals surface area contributed by atoms with Crippen LogP contribution in [0.3, 0.4) is 0 Å². The van der Waals surface area contributed by atoms with Gasteiger partial charge in [0.1, 0.15) is 0 Å². The lowest BCUT2D eigenvalue weighted by atomic mass is 9.93. The van der Waals surface area contributed by atoms with Gasteiger partial charge in [0.05, 0.1) is 12.0 Å². The lowest BCUT2D eigenvalue weighted by Gasteiger charge is -2.13. The van der Waals surface area contributed by atoms with Crippen LogP contribution in [0.2, 0.25) is 0 Å². The van der Waals surface area contributed by atoms with Crippen LogP contribution in [0.4, 0.5) is 4.39 Å². The highest BCUT2D eigenvalue weighted by atomic mass is 32.2. The molecule has 144 valence electrons. The zero-order valence-corrected chi connectivity index (χ0v) is 15.6. The minimum atomic E-state index is -3.80. The van der Waals surface area contributed by atoms with Gasteiger partial charge < -0.3 is 14.2 Å². The molecule has 1 heterocycles. The topological polar surface area (TPSA) is 87.9 Å².